The first-order valence-corrected chi connectivity index (χ1v) is 7.81. The molecular formula is C15H26N2S. The van der Waals surface area contributed by atoms with Crippen LogP contribution in [-0.4, -0.2) is 24.9 Å². The minimum absolute atomic E-state index is 0.430. The summed E-state index contributed by atoms with van der Waals surface area (Å²) in [6.45, 7) is 8.31. The van der Waals surface area contributed by atoms with Crippen LogP contribution in [0.3, 0.4) is 0 Å². The van der Waals surface area contributed by atoms with Crippen LogP contribution in [0.1, 0.15) is 26.3 Å². The third kappa shape index (κ3) is 5.42. The molecule has 0 aromatic heterocycles. The van der Waals surface area contributed by atoms with Gasteiger partial charge >= 0.3 is 0 Å². The molecule has 0 amide bonds. The van der Waals surface area contributed by atoms with Gasteiger partial charge in [-0.25, -0.2) is 0 Å². The van der Waals surface area contributed by atoms with E-state index in [1.807, 2.05) is 11.8 Å². The van der Waals surface area contributed by atoms with Gasteiger partial charge in [-0.1, -0.05) is 32.9 Å². The van der Waals surface area contributed by atoms with Gasteiger partial charge in [0.2, 0.25) is 0 Å². The number of nitrogens with two attached hydrogens (primary N) is 1. The van der Waals surface area contributed by atoms with Gasteiger partial charge in [0.25, 0.3) is 0 Å². The molecule has 3 heteroatoms. The molecule has 0 radical (unpaired) electrons. The van der Waals surface area contributed by atoms with E-state index in [0.717, 1.165) is 18.7 Å². The summed E-state index contributed by atoms with van der Waals surface area (Å²) in [6, 6.07) is 9.32. The van der Waals surface area contributed by atoms with Crippen LogP contribution in [0, 0.1) is 5.92 Å². The molecule has 18 heavy (non-hydrogen) atoms. The van der Waals surface area contributed by atoms with E-state index in [-0.39, 0.29) is 0 Å². The number of benzene rings is 1. The van der Waals surface area contributed by atoms with Crippen LogP contribution in [0.25, 0.3) is 0 Å². The Morgan fingerprint density at radius 2 is 1.89 bits per heavy atom. The molecule has 0 spiro atoms. The van der Waals surface area contributed by atoms with Gasteiger partial charge in [0.15, 0.2) is 0 Å². The van der Waals surface area contributed by atoms with Crippen molar-refractivity contribution in [1.82, 2.24) is 5.32 Å². The lowest BCUT2D eigenvalue weighted by Crippen LogP contribution is -2.41. The largest absolute Gasteiger partial charge is 0.329 e. The Morgan fingerprint density at radius 3 is 2.39 bits per heavy atom. The van der Waals surface area contributed by atoms with Crippen molar-refractivity contribution in [2.75, 3.05) is 18.8 Å². The fourth-order valence-corrected chi connectivity index (χ4v) is 2.57. The van der Waals surface area contributed by atoms with Gasteiger partial charge in [-0.3, -0.25) is 0 Å². The fraction of sp³-hybridized carbons (Fsp3) is 0.600. The Hall–Kier alpha value is -0.510. The van der Waals surface area contributed by atoms with Crippen molar-refractivity contribution in [2.24, 2.45) is 11.7 Å². The first-order valence-electron chi connectivity index (χ1n) is 6.82. The monoisotopic (exact) mass is 266 g/mol. The van der Waals surface area contributed by atoms with E-state index in [0.29, 0.717) is 18.5 Å². The number of thioether (sulfide) groups is 1. The third-order valence-corrected chi connectivity index (χ3v) is 4.01. The average Bonchev–Trinajstić information content (AvgIpc) is 2.36. The molecule has 1 aromatic carbocycles. The summed E-state index contributed by atoms with van der Waals surface area (Å²) >= 11 is 1.89. The Labute approximate surface area is 116 Å². The Balaban J connectivity index is 2.34. The highest BCUT2D eigenvalue weighted by Crippen LogP contribution is 2.17. The number of rotatable bonds is 8. The van der Waals surface area contributed by atoms with E-state index in [4.69, 9.17) is 5.73 Å². The van der Waals surface area contributed by atoms with Crippen LogP contribution >= 0.6 is 11.8 Å². The highest BCUT2D eigenvalue weighted by molar-refractivity contribution is 7.99. The second kappa shape index (κ2) is 8.57. The molecular weight excluding hydrogens is 240 g/mol. The summed E-state index contributed by atoms with van der Waals surface area (Å²) < 4.78 is 0. The quantitative estimate of drug-likeness (QED) is 0.711. The first kappa shape index (κ1) is 15.5. The van der Waals surface area contributed by atoms with Gasteiger partial charge in [0.05, 0.1) is 0 Å². The molecule has 102 valence electrons. The van der Waals surface area contributed by atoms with Crippen molar-refractivity contribution < 1.29 is 0 Å². The lowest BCUT2D eigenvalue weighted by Gasteiger charge is -2.20. The third-order valence-electron chi connectivity index (χ3n) is 3.11. The maximum atomic E-state index is 5.74. The van der Waals surface area contributed by atoms with Gasteiger partial charge in [-0.2, -0.15) is 0 Å². The average molecular weight is 266 g/mol. The zero-order valence-corrected chi connectivity index (χ0v) is 12.6. The minimum Gasteiger partial charge on any atom is -0.329 e. The molecule has 0 saturated heterocycles. The predicted octanol–water partition coefficient (Wildman–Crippen LogP) is 2.91. The second-order valence-corrected chi connectivity index (χ2v) is 6.20. The molecule has 1 rings (SSSR count). The molecule has 3 N–H and O–H groups in total. The number of hydrogen-bond acceptors (Lipinski definition) is 3. The van der Waals surface area contributed by atoms with E-state index in [1.165, 1.54) is 10.5 Å². The van der Waals surface area contributed by atoms with Crippen LogP contribution in [0.5, 0.6) is 0 Å². The minimum atomic E-state index is 0.430. The van der Waals surface area contributed by atoms with Gasteiger partial charge < -0.3 is 11.1 Å². The highest BCUT2D eigenvalue weighted by atomic mass is 32.2. The molecule has 0 aliphatic carbocycles. The van der Waals surface area contributed by atoms with Crippen molar-refractivity contribution in [3.63, 3.8) is 0 Å². The van der Waals surface area contributed by atoms with Crippen LogP contribution in [-0.2, 0) is 6.42 Å². The van der Waals surface area contributed by atoms with E-state index in [1.54, 1.807) is 0 Å². The maximum absolute atomic E-state index is 5.74. The summed E-state index contributed by atoms with van der Waals surface area (Å²) in [7, 11) is 0. The molecule has 1 aromatic rings. The first-order chi connectivity index (χ1) is 8.67. The van der Waals surface area contributed by atoms with Crippen molar-refractivity contribution in [2.45, 2.75) is 38.1 Å². The Bertz CT molecular complexity index is 322. The van der Waals surface area contributed by atoms with Crippen molar-refractivity contribution in [1.29, 1.82) is 0 Å². The Kier molecular flexibility index (Phi) is 7.40. The van der Waals surface area contributed by atoms with Gasteiger partial charge in [0, 0.05) is 17.5 Å². The van der Waals surface area contributed by atoms with Crippen molar-refractivity contribution >= 4 is 11.8 Å². The molecule has 0 aliphatic heterocycles. The number of hydrogen-bond donors (Lipinski definition) is 2. The summed E-state index contributed by atoms with van der Waals surface area (Å²) in [4.78, 5) is 1.36. The molecule has 2 nitrogen and oxygen atoms in total. The molecule has 0 fully saturated rings. The smallest absolute Gasteiger partial charge is 0.0213 e. The normalized spacial score (nSPS) is 12.9. The van der Waals surface area contributed by atoms with Gasteiger partial charge in [-0.05, 0) is 42.3 Å². The fourth-order valence-electron chi connectivity index (χ4n) is 1.91. The highest BCUT2D eigenvalue weighted by Gasteiger charge is 2.09. The SMILES string of the molecule is CCSc1ccc(CCNC(CN)C(C)C)cc1. The van der Waals surface area contributed by atoms with Crippen LogP contribution in [0.4, 0.5) is 0 Å². The number of nitrogens with one attached hydrogen (secondary N) is 1. The van der Waals surface area contributed by atoms with E-state index < -0.39 is 0 Å². The predicted molar refractivity (Wildman–Crippen MR) is 82.2 cm³/mol. The second-order valence-electron chi connectivity index (χ2n) is 4.87. The molecule has 0 aliphatic rings. The lowest BCUT2D eigenvalue weighted by atomic mass is 10.0. The van der Waals surface area contributed by atoms with Crippen LogP contribution in [0.15, 0.2) is 29.2 Å². The lowest BCUT2D eigenvalue weighted by molar-refractivity contribution is 0.409. The van der Waals surface area contributed by atoms with E-state index in [2.05, 4.69) is 50.4 Å². The standard InChI is InChI=1S/C15H26N2S/c1-4-18-14-7-5-13(6-8-14)9-10-17-15(11-16)12(2)3/h5-8,12,15,17H,4,9-11,16H2,1-3H3. The zero-order valence-electron chi connectivity index (χ0n) is 11.8. The summed E-state index contributed by atoms with van der Waals surface area (Å²) in [5.74, 6) is 1.73. The summed E-state index contributed by atoms with van der Waals surface area (Å²) in [5.41, 5.74) is 7.13. The summed E-state index contributed by atoms with van der Waals surface area (Å²) in [6.07, 6.45) is 1.07. The Morgan fingerprint density at radius 1 is 1.22 bits per heavy atom. The molecule has 0 saturated carbocycles. The van der Waals surface area contributed by atoms with Crippen LogP contribution in [0.2, 0.25) is 0 Å². The topological polar surface area (TPSA) is 38.0 Å². The molecule has 0 bridgehead atoms. The molecule has 0 heterocycles. The van der Waals surface area contributed by atoms with Gasteiger partial charge in [0.1, 0.15) is 0 Å². The molecule has 1 unspecified atom stereocenters. The van der Waals surface area contributed by atoms with Crippen molar-refractivity contribution in [3.8, 4) is 0 Å². The van der Waals surface area contributed by atoms with E-state index >= 15 is 0 Å². The maximum Gasteiger partial charge on any atom is 0.0213 e. The van der Waals surface area contributed by atoms with Crippen molar-refractivity contribution in [3.05, 3.63) is 29.8 Å². The summed E-state index contributed by atoms with van der Waals surface area (Å²) in [5, 5.41) is 3.53. The zero-order chi connectivity index (χ0) is 13.4. The molecule has 1 atom stereocenters. The van der Waals surface area contributed by atoms with Crippen LogP contribution < -0.4 is 11.1 Å². The van der Waals surface area contributed by atoms with E-state index in [9.17, 15) is 0 Å². The van der Waals surface area contributed by atoms with Gasteiger partial charge in [-0.15, -0.1) is 11.8 Å².